The minimum Gasteiger partial charge on any atom is -0.384 e. The third-order valence-corrected chi connectivity index (χ3v) is 2.12. The highest BCUT2D eigenvalue weighted by Gasteiger charge is 2.35. The van der Waals surface area contributed by atoms with Gasteiger partial charge in [-0.15, -0.1) is 0 Å². The maximum absolute atomic E-state index is 12.7. The number of hydrogen-bond acceptors (Lipinski definition) is 4. The van der Waals surface area contributed by atoms with Gasteiger partial charge < -0.3 is 11.1 Å². The number of benzene rings is 1. The van der Waals surface area contributed by atoms with E-state index in [1.807, 2.05) is 0 Å². The van der Waals surface area contributed by atoms with Gasteiger partial charge in [-0.3, -0.25) is 0 Å². The van der Waals surface area contributed by atoms with Gasteiger partial charge in [0.1, 0.15) is 17.5 Å². The van der Waals surface area contributed by atoms with Crippen molar-refractivity contribution in [2.45, 2.75) is 6.18 Å². The van der Waals surface area contributed by atoms with Crippen LogP contribution >= 0.6 is 0 Å². The zero-order valence-electron chi connectivity index (χ0n) is 9.37. The van der Waals surface area contributed by atoms with Crippen LogP contribution in [0.15, 0.2) is 30.3 Å². The van der Waals surface area contributed by atoms with E-state index in [-0.39, 0.29) is 11.6 Å². The van der Waals surface area contributed by atoms with Gasteiger partial charge in [0.05, 0.1) is 0 Å². The molecule has 0 radical (unpaired) electrons. The maximum Gasteiger partial charge on any atom is 0.451 e. The number of aromatic nitrogens is 2. The Bertz CT molecular complexity index is 580. The minimum atomic E-state index is -4.69. The summed E-state index contributed by atoms with van der Waals surface area (Å²) in [6.07, 6.45) is -4.69. The van der Waals surface area contributed by atoms with Crippen LogP contribution in [0, 0.1) is 5.82 Å². The summed E-state index contributed by atoms with van der Waals surface area (Å²) in [4.78, 5) is 6.40. The Kier molecular flexibility index (Phi) is 3.24. The second-order valence-corrected chi connectivity index (χ2v) is 3.63. The van der Waals surface area contributed by atoms with E-state index in [0.717, 1.165) is 18.2 Å². The molecular formula is C11H8F4N4. The molecule has 0 saturated heterocycles. The molecule has 0 saturated carbocycles. The topological polar surface area (TPSA) is 63.8 Å². The number of nitrogens with two attached hydrogens (primary N) is 1. The first-order valence-corrected chi connectivity index (χ1v) is 5.09. The predicted molar refractivity (Wildman–Crippen MR) is 61.1 cm³/mol. The lowest BCUT2D eigenvalue weighted by atomic mass is 10.3. The third-order valence-electron chi connectivity index (χ3n) is 2.12. The van der Waals surface area contributed by atoms with E-state index in [1.165, 1.54) is 12.1 Å². The van der Waals surface area contributed by atoms with Gasteiger partial charge >= 0.3 is 6.18 Å². The summed E-state index contributed by atoms with van der Waals surface area (Å²) < 4.78 is 50.1. The van der Waals surface area contributed by atoms with Crippen LogP contribution in [-0.2, 0) is 6.18 Å². The molecule has 100 valence electrons. The molecular weight excluding hydrogens is 264 g/mol. The molecule has 8 heteroatoms. The molecule has 0 fully saturated rings. The Morgan fingerprint density at radius 1 is 1.05 bits per heavy atom. The van der Waals surface area contributed by atoms with Crippen molar-refractivity contribution in [3.8, 4) is 0 Å². The molecule has 0 spiro atoms. The van der Waals surface area contributed by atoms with Crippen molar-refractivity contribution in [1.29, 1.82) is 0 Å². The number of nitrogen functional groups attached to an aromatic ring is 1. The molecule has 1 aromatic heterocycles. The summed E-state index contributed by atoms with van der Waals surface area (Å²) in [5, 5.41) is 2.59. The Balaban J connectivity index is 2.30. The van der Waals surface area contributed by atoms with E-state index in [0.29, 0.717) is 5.69 Å². The molecule has 4 nitrogen and oxygen atoms in total. The third kappa shape index (κ3) is 3.30. The summed E-state index contributed by atoms with van der Waals surface area (Å²) >= 11 is 0. The zero-order chi connectivity index (χ0) is 14.0. The molecule has 2 rings (SSSR count). The molecule has 19 heavy (non-hydrogen) atoms. The number of nitrogens with one attached hydrogen (secondary N) is 1. The Morgan fingerprint density at radius 3 is 2.26 bits per heavy atom. The molecule has 0 unspecified atom stereocenters. The van der Waals surface area contributed by atoms with E-state index >= 15 is 0 Å². The van der Waals surface area contributed by atoms with Gasteiger partial charge in [0.15, 0.2) is 0 Å². The van der Waals surface area contributed by atoms with Crippen LogP contribution in [0.2, 0.25) is 0 Å². The molecule has 1 heterocycles. The van der Waals surface area contributed by atoms with Crippen molar-refractivity contribution in [3.05, 3.63) is 42.0 Å². The van der Waals surface area contributed by atoms with Crippen LogP contribution in [0.3, 0.4) is 0 Å². The van der Waals surface area contributed by atoms with Gasteiger partial charge in [0, 0.05) is 11.8 Å². The Labute approximate surface area is 105 Å². The fourth-order valence-corrected chi connectivity index (χ4v) is 1.34. The summed E-state index contributed by atoms with van der Waals surface area (Å²) in [6.45, 7) is 0. The van der Waals surface area contributed by atoms with Crippen molar-refractivity contribution in [1.82, 2.24) is 9.97 Å². The monoisotopic (exact) mass is 272 g/mol. The predicted octanol–water partition coefficient (Wildman–Crippen LogP) is 2.96. The first-order chi connectivity index (χ1) is 8.84. The highest BCUT2D eigenvalue weighted by molar-refractivity contribution is 5.58. The molecule has 3 N–H and O–H groups in total. The molecule has 0 aliphatic rings. The van der Waals surface area contributed by atoms with Crippen LogP contribution in [0.5, 0.6) is 0 Å². The molecule has 0 aliphatic heterocycles. The molecule has 0 atom stereocenters. The smallest absolute Gasteiger partial charge is 0.384 e. The average Bonchev–Trinajstić information content (AvgIpc) is 2.30. The Morgan fingerprint density at radius 2 is 1.68 bits per heavy atom. The summed E-state index contributed by atoms with van der Waals surface area (Å²) in [7, 11) is 0. The average molecular weight is 272 g/mol. The van der Waals surface area contributed by atoms with Crippen LogP contribution < -0.4 is 11.1 Å². The van der Waals surface area contributed by atoms with Gasteiger partial charge in [-0.2, -0.15) is 13.2 Å². The van der Waals surface area contributed by atoms with Gasteiger partial charge in [0.2, 0.25) is 5.82 Å². The van der Waals surface area contributed by atoms with E-state index < -0.39 is 17.8 Å². The first kappa shape index (κ1) is 13.1. The van der Waals surface area contributed by atoms with Crippen LogP contribution in [0.4, 0.5) is 34.9 Å². The summed E-state index contributed by atoms with van der Waals surface area (Å²) in [5.41, 5.74) is 5.66. The number of hydrogen-bond donors (Lipinski definition) is 2. The van der Waals surface area contributed by atoms with E-state index in [1.54, 1.807) is 0 Å². The zero-order valence-corrected chi connectivity index (χ0v) is 9.37. The number of alkyl halides is 3. The fraction of sp³-hybridized carbons (Fsp3) is 0.0909. The minimum absolute atomic E-state index is 0.119. The van der Waals surface area contributed by atoms with Crippen LogP contribution in [0.25, 0.3) is 0 Å². The highest BCUT2D eigenvalue weighted by Crippen LogP contribution is 2.28. The fourth-order valence-electron chi connectivity index (χ4n) is 1.34. The van der Waals surface area contributed by atoms with Gasteiger partial charge in [-0.05, 0) is 24.3 Å². The van der Waals surface area contributed by atoms with Crippen LogP contribution in [0.1, 0.15) is 5.82 Å². The number of halogens is 4. The molecule has 0 bridgehead atoms. The van der Waals surface area contributed by atoms with Crippen molar-refractivity contribution >= 4 is 17.3 Å². The first-order valence-electron chi connectivity index (χ1n) is 5.09. The second kappa shape index (κ2) is 4.71. The number of anilines is 3. The molecule has 0 aliphatic carbocycles. The number of nitrogens with zero attached hydrogens (tertiary/aromatic N) is 2. The van der Waals surface area contributed by atoms with E-state index in [9.17, 15) is 17.6 Å². The SMILES string of the molecule is Nc1cc(Nc2ccc(F)cc2)nc(C(F)(F)F)n1. The van der Waals surface area contributed by atoms with Crippen molar-refractivity contribution in [2.75, 3.05) is 11.1 Å². The second-order valence-electron chi connectivity index (χ2n) is 3.63. The highest BCUT2D eigenvalue weighted by atomic mass is 19.4. The molecule has 0 amide bonds. The quantitative estimate of drug-likeness (QED) is 0.825. The van der Waals surface area contributed by atoms with Crippen molar-refractivity contribution in [2.24, 2.45) is 0 Å². The van der Waals surface area contributed by atoms with E-state index in [2.05, 4.69) is 15.3 Å². The lowest BCUT2D eigenvalue weighted by molar-refractivity contribution is -0.144. The van der Waals surface area contributed by atoms with Crippen molar-refractivity contribution in [3.63, 3.8) is 0 Å². The maximum atomic E-state index is 12.7. The normalized spacial score (nSPS) is 11.4. The summed E-state index contributed by atoms with van der Waals surface area (Å²) in [5.74, 6) is -2.22. The molecule has 1 aromatic carbocycles. The van der Waals surface area contributed by atoms with E-state index in [4.69, 9.17) is 5.73 Å². The number of rotatable bonds is 2. The van der Waals surface area contributed by atoms with Crippen molar-refractivity contribution < 1.29 is 17.6 Å². The molecule has 2 aromatic rings. The largest absolute Gasteiger partial charge is 0.451 e. The van der Waals surface area contributed by atoms with Gasteiger partial charge in [-0.25, -0.2) is 14.4 Å². The summed E-state index contributed by atoms with van der Waals surface area (Å²) in [6, 6.07) is 6.20. The standard InChI is InChI=1S/C11H8F4N4/c12-6-1-3-7(4-2-6)17-9-5-8(16)18-10(19-9)11(13,14)15/h1-5H,(H3,16,17,18,19). The van der Waals surface area contributed by atoms with Crippen LogP contribution in [-0.4, -0.2) is 9.97 Å². The van der Waals surface area contributed by atoms with Gasteiger partial charge in [0.25, 0.3) is 0 Å². The van der Waals surface area contributed by atoms with Gasteiger partial charge in [-0.1, -0.05) is 0 Å². The Hall–Kier alpha value is -2.38. The lowest BCUT2D eigenvalue weighted by Crippen LogP contribution is -2.13. The lowest BCUT2D eigenvalue weighted by Gasteiger charge is -2.10.